The van der Waals surface area contributed by atoms with E-state index in [1.807, 2.05) is 19.9 Å². The Hall–Kier alpha value is -2.38. The van der Waals surface area contributed by atoms with Gasteiger partial charge in [-0.15, -0.1) is 0 Å². The molecule has 2 fully saturated rings. The van der Waals surface area contributed by atoms with E-state index >= 15 is 0 Å². The number of esters is 1. The van der Waals surface area contributed by atoms with Crippen LogP contribution in [0.2, 0.25) is 0 Å². The molecule has 0 radical (unpaired) electrons. The third-order valence-electron chi connectivity index (χ3n) is 6.27. The maximum Gasteiger partial charge on any atom is 0.331 e. The maximum atomic E-state index is 13.0. The van der Waals surface area contributed by atoms with Crippen molar-refractivity contribution in [2.24, 2.45) is 11.8 Å². The highest BCUT2D eigenvalue weighted by Crippen LogP contribution is 2.35. The van der Waals surface area contributed by atoms with Crippen LogP contribution in [-0.4, -0.2) is 55.4 Å². The summed E-state index contributed by atoms with van der Waals surface area (Å²) in [5.74, 6) is 0.434. The lowest BCUT2D eigenvalue weighted by atomic mass is 9.92. The number of carbonyl (C=O) groups is 2. The van der Waals surface area contributed by atoms with Crippen LogP contribution in [0.25, 0.3) is 0 Å². The van der Waals surface area contributed by atoms with Crippen LogP contribution in [0.5, 0.6) is 5.88 Å². The Kier molecular flexibility index (Phi) is 7.73. The monoisotopic (exact) mass is 435 g/mol. The zero-order valence-corrected chi connectivity index (χ0v) is 18.8. The minimum atomic E-state index is -1.08. The van der Waals surface area contributed by atoms with E-state index in [1.54, 1.807) is 13.0 Å². The summed E-state index contributed by atoms with van der Waals surface area (Å²) in [7, 11) is 0. The van der Waals surface area contributed by atoms with Gasteiger partial charge in [0, 0.05) is 13.1 Å². The number of amides is 1. The van der Waals surface area contributed by atoms with Crippen LogP contribution < -0.4 is 15.0 Å². The van der Waals surface area contributed by atoms with Gasteiger partial charge in [0.05, 0.1) is 25.6 Å². The molecule has 2 aliphatic rings. The van der Waals surface area contributed by atoms with Crippen LogP contribution in [0.4, 0.5) is 10.1 Å². The largest absolute Gasteiger partial charge is 0.476 e. The molecule has 0 unspecified atom stereocenters. The van der Waals surface area contributed by atoms with E-state index in [2.05, 4.69) is 15.2 Å². The summed E-state index contributed by atoms with van der Waals surface area (Å²) in [6.45, 7) is 7.47. The molecule has 1 aromatic heterocycles. The summed E-state index contributed by atoms with van der Waals surface area (Å²) in [5, 5.41) is 2.85. The minimum absolute atomic E-state index is 0.200. The predicted octanol–water partition coefficient (Wildman–Crippen LogP) is 3.52. The van der Waals surface area contributed by atoms with Crippen molar-refractivity contribution < 1.29 is 23.5 Å². The second-order valence-corrected chi connectivity index (χ2v) is 8.49. The fourth-order valence-corrected chi connectivity index (χ4v) is 3.81. The third kappa shape index (κ3) is 5.46. The van der Waals surface area contributed by atoms with Crippen LogP contribution in [0, 0.1) is 11.8 Å². The van der Waals surface area contributed by atoms with Gasteiger partial charge in [0.25, 0.3) is 5.91 Å². The highest BCUT2D eigenvalue weighted by Gasteiger charge is 2.39. The van der Waals surface area contributed by atoms with Gasteiger partial charge in [0.1, 0.15) is 11.2 Å². The number of alkyl halides is 1. The van der Waals surface area contributed by atoms with Gasteiger partial charge in [0.15, 0.2) is 0 Å². The van der Waals surface area contributed by atoms with Crippen molar-refractivity contribution in [1.29, 1.82) is 0 Å². The standard InChI is InChI=1S/C23H34FN3O4/c1-4-23(5-2,22(29)30-6-3)26-20(28)18-9-10-19(27-13-17(14-27)11-12-24)21(25-18)31-15-16-7-8-16/h9-10,16-17H,4-8,11-15H2,1-3H3,(H,26,28). The van der Waals surface area contributed by atoms with Crippen LogP contribution in [0.3, 0.4) is 0 Å². The van der Waals surface area contributed by atoms with Crippen molar-refractivity contribution in [3.05, 3.63) is 17.8 Å². The number of halogens is 1. The van der Waals surface area contributed by atoms with Gasteiger partial charge in [0.2, 0.25) is 5.88 Å². The first-order chi connectivity index (χ1) is 15.0. The lowest BCUT2D eigenvalue weighted by molar-refractivity contribution is -0.151. The number of hydrogen-bond acceptors (Lipinski definition) is 6. The van der Waals surface area contributed by atoms with Gasteiger partial charge in [-0.05, 0) is 63.0 Å². The third-order valence-corrected chi connectivity index (χ3v) is 6.27. The van der Waals surface area contributed by atoms with Crippen molar-refractivity contribution in [3.63, 3.8) is 0 Å². The fraction of sp³-hybridized carbons (Fsp3) is 0.696. The molecular weight excluding hydrogens is 401 g/mol. The smallest absolute Gasteiger partial charge is 0.331 e. The minimum Gasteiger partial charge on any atom is -0.476 e. The molecule has 0 bridgehead atoms. The number of aromatic nitrogens is 1. The van der Waals surface area contributed by atoms with Crippen LogP contribution in [0.1, 0.15) is 63.4 Å². The van der Waals surface area contributed by atoms with Crippen molar-refractivity contribution in [2.45, 2.75) is 58.4 Å². The lowest BCUT2D eigenvalue weighted by Crippen LogP contribution is -2.54. The molecule has 0 atom stereocenters. The molecule has 8 heteroatoms. The first-order valence-corrected chi connectivity index (χ1v) is 11.4. The first-order valence-electron chi connectivity index (χ1n) is 11.4. The molecule has 31 heavy (non-hydrogen) atoms. The average molecular weight is 436 g/mol. The second kappa shape index (κ2) is 10.3. The van der Waals surface area contributed by atoms with Gasteiger partial charge in [-0.25, -0.2) is 9.78 Å². The summed E-state index contributed by atoms with van der Waals surface area (Å²) < 4.78 is 23.8. The molecule has 1 saturated heterocycles. The van der Waals surface area contributed by atoms with E-state index < -0.39 is 17.4 Å². The molecule has 1 aliphatic carbocycles. The average Bonchev–Trinajstić information content (AvgIpc) is 3.57. The summed E-state index contributed by atoms with van der Waals surface area (Å²) in [5.41, 5.74) is -0.0552. The number of carbonyl (C=O) groups excluding carboxylic acids is 2. The molecule has 0 spiro atoms. The van der Waals surface area contributed by atoms with E-state index in [9.17, 15) is 14.0 Å². The fourth-order valence-electron chi connectivity index (χ4n) is 3.81. The first kappa shape index (κ1) is 23.3. The highest BCUT2D eigenvalue weighted by atomic mass is 19.1. The summed E-state index contributed by atoms with van der Waals surface area (Å²) in [6.07, 6.45) is 3.69. The Balaban J connectivity index is 1.77. The maximum absolute atomic E-state index is 13.0. The Bertz CT molecular complexity index is 774. The molecule has 172 valence electrons. The predicted molar refractivity (Wildman–Crippen MR) is 116 cm³/mol. The molecule has 7 nitrogen and oxygen atoms in total. The molecule has 1 saturated carbocycles. The zero-order chi connectivity index (χ0) is 22.4. The summed E-state index contributed by atoms with van der Waals surface area (Å²) >= 11 is 0. The number of anilines is 1. The molecule has 2 heterocycles. The van der Waals surface area contributed by atoms with Crippen molar-refractivity contribution >= 4 is 17.6 Å². The summed E-state index contributed by atoms with van der Waals surface area (Å²) in [4.78, 5) is 32.1. The van der Waals surface area contributed by atoms with Crippen LogP contribution in [-0.2, 0) is 9.53 Å². The number of ether oxygens (including phenoxy) is 2. The number of nitrogens with zero attached hydrogens (tertiary/aromatic N) is 2. The highest BCUT2D eigenvalue weighted by molar-refractivity contribution is 5.97. The molecule has 3 rings (SSSR count). The van der Waals surface area contributed by atoms with Crippen LogP contribution in [0.15, 0.2) is 12.1 Å². The Morgan fingerprint density at radius 2 is 1.90 bits per heavy atom. The van der Waals surface area contributed by atoms with Crippen molar-refractivity contribution in [3.8, 4) is 5.88 Å². The van der Waals surface area contributed by atoms with Gasteiger partial charge in [-0.1, -0.05) is 13.8 Å². The van der Waals surface area contributed by atoms with E-state index in [1.165, 1.54) is 0 Å². The SMILES string of the molecule is CCOC(=O)C(CC)(CC)NC(=O)c1ccc(N2CC(CCF)C2)c(OCC2CC2)n1. The topological polar surface area (TPSA) is 80.8 Å². The number of nitrogens with one attached hydrogen (secondary N) is 1. The van der Waals surface area contributed by atoms with Crippen molar-refractivity contribution in [2.75, 3.05) is 37.9 Å². The molecular formula is C23H34FN3O4. The van der Waals surface area contributed by atoms with Gasteiger partial charge in [-0.2, -0.15) is 0 Å². The normalized spacial score (nSPS) is 16.6. The molecule has 1 amide bonds. The molecule has 0 aromatic carbocycles. The Morgan fingerprint density at radius 1 is 1.19 bits per heavy atom. The molecule has 1 aromatic rings. The number of hydrogen-bond donors (Lipinski definition) is 1. The quantitative estimate of drug-likeness (QED) is 0.506. The van der Waals surface area contributed by atoms with E-state index in [0.717, 1.165) is 31.6 Å². The van der Waals surface area contributed by atoms with Crippen molar-refractivity contribution in [1.82, 2.24) is 10.3 Å². The molecule has 1 N–H and O–H groups in total. The van der Waals surface area contributed by atoms with E-state index in [-0.39, 0.29) is 19.0 Å². The van der Waals surface area contributed by atoms with Gasteiger partial charge < -0.3 is 19.7 Å². The van der Waals surface area contributed by atoms with E-state index in [0.29, 0.717) is 43.6 Å². The lowest BCUT2D eigenvalue weighted by Gasteiger charge is -2.41. The number of pyridine rings is 1. The van der Waals surface area contributed by atoms with E-state index in [4.69, 9.17) is 9.47 Å². The van der Waals surface area contributed by atoms with Gasteiger partial charge >= 0.3 is 5.97 Å². The Labute approximate surface area is 183 Å². The zero-order valence-electron chi connectivity index (χ0n) is 18.8. The van der Waals surface area contributed by atoms with Gasteiger partial charge in [-0.3, -0.25) is 9.18 Å². The summed E-state index contributed by atoms with van der Waals surface area (Å²) in [6, 6.07) is 3.48. The number of rotatable bonds is 12. The van der Waals surface area contributed by atoms with Crippen LogP contribution >= 0.6 is 0 Å². The molecule has 1 aliphatic heterocycles. The second-order valence-electron chi connectivity index (χ2n) is 8.49. The Morgan fingerprint density at radius 3 is 2.48 bits per heavy atom.